The zero-order valence-electron chi connectivity index (χ0n) is 7.90. The Morgan fingerprint density at radius 3 is 3.00 bits per heavy atom. The zero-order chi connectivity index (χ0) is 9.97. The van der Waals surface area contributed by atoms with Crippen LogP contribution in [0.2, 0.25) is 0 Å². The minimum atomic E-state index is -0.470. The number of aromatic nitrogens is 1. The van der Waals surface area contributed by atoms with Crippen molar-refractivity contribution in [1.29, 1.82) is 0 Å². The zero-order valence-corrected chi connectivity index (χ0v) is 7.90. The van der Waals surface area contributed by atoms with Crippen molar-refractivity contribution in [3.63, 3.8) is 0 Å². The Hall–Kier alpha value is -1.32. The van der Waals surface area contributed by atoms with E-state index in [4.69, 9.17) is 5.73 Å². The lowest BCUT2D eigenvalue weighted by Crippen LogP contribution is -2.06. The van der Waals surface area contributed by atoms with Gasteiger partial charge in [-0.25, -0.2) is 0 Å². The molecule has 0 bridgehead atoms. The number of aromatic amines is 1. The molecule has 74 valence electrons. The molecule has 1 heterocycles. The van der Waals surface area contributed by atoms with Crippen LogP contribution in [0.15, 0.2) is 30.5 Å². The van der Waals surface area contributed by atoms with Crippen LogP contribution in [0.1, 0.15) is 18.1 Å². The van der Waals surface area contributed by atoms with Gasteiger partial charge in [0.05, 0.1) is 11.6 Å². The summed E-state index contributed by atoms with van der Waals surface area (Å²) in [5.41, 5.74) is 7.35. The van der Waals surface area contributed by atoms with Crippen molar-refractivity contribution in [2.45, 2.75) is 12.5 Å². The molecular weight excluding hydrogens is 176 g/mol. The standard InChI is InChI=1S/C11H14N2O/c12-6-4-10(14)9-3-1-2-8-5-7-13-11(8)9/h1-3,5,7,10,13-14H,4,6,12H2/t10-/m0/s1. The van der Waals surface area contributed by atoms with Gasteiger partial charge in [-0.15, -0.1) is 0 Å². The molecule has 14 heavy (non-hydrogen) atoms. The van der Waals surface area contributed by atoms with Crippen molar-refractivity contribution in [3.05, 3.63) is 36.0 Å². The topological polar surface area (TPSA) is 62.0 Å². The summed E-state index contributed by atoms with van der Waals surface area (Å²) in [6, 6.07) is 7.89. The number of H-pyrrole nitrogens is 1. The van der Waals surface area contributed by atoms with Gasteiger partial charge >= 0.3 is 0 Å². The van der Waals surface area contributed by atoms with Crippen LogP contribution in [0.5, 0.6) is 0 Å². The lowest BCUT2D eigenvalue weighted by Gasteiger charge is -2.10. The predicted molar refractivity (Wildman–Crippen MR) is 56.9 cm³/mol. The highest BCUT2D eigenvalue weighted by Crippen LogP contribution is 2.24. The molecule has 0 aliphatic heterocycles. The van der Waals surface area contributed by atoms with Gasteiger partial charge in [-0.3, -0.25) is 0 Å². The first kappa shape index (κ1) is 9.24. The first-order valence-corrected chi connectivity index (χ1v) is 4.77. The first-order valence-electron chi connectivity index (χ1n) is 4.77. The number of aliphatic hydroxyl groups is 1. The number of benzene rings is 1. The fraction of sp³-hybridized carbons (Fsp3) is 0.273. The number of fused-ring (bicyclic) bond motifs is 1. The number of aliphatic hydroxyl groups excluding tert-OH is 1. The molecule has 1 aromatic carbocycles. The van der Waals surface area contributed by atoms with Crippen LogP contribution in [0, 0.1) is 0 Å². The number of hydrogen-bond donors (Lipinski definition) is 3. The van der Waals surface area contributed by atoms with Crippen molar-refractivity contribution in [1.82, 2.24) is 4.98 Å². The summed E-state index contributed by atoms with van der Waals surface area (Å²) >= 11 is 0. The molecule has 0 fully saturated rings. The molecule has 0 unspecified atom stereocenters. The molecule has 0 aliphatic rings. The molecule has 3 heteroatoms. The quantitative estimate of drug-likeness (QED) is 0.687. The monoisotopic (exact) mass is 190 g/mol. The highest BCUT2D eigenvalue weighted by molar-refractivity contribution is 5.82. The second-order valence-corrected chi connectivity index (χ2v) is 3.38. The number of nitrogens with two attached hydrogens (primary N) is 1. The van der Waals surface area contributed by atoms with E-state index in [0.29, 0.717) is 13.0 Å². The highest BCUT2D eigenvalue weighted by atomic mass is 16.3. The predicted octanol–water partition coefficient (Wildman–Crippen LogP) is 1.55. The maximum atomic E-state index is 9.84. The van der Waals surface area contributed by atoms with E-state index < -0.39 is 6.10 Å². The van der Waals surface area contributed by atoms with Crippen molar-refractivity contribution >= 4 is 10.9 Å². The summed E-state index contributed by atoms with van der Waals surface area (Å²) < 4.78 is 0. The summed E-state index contributed by atoms with van der Waals surface area (Å²) in [6.07, 6.45) is 2.00. The average Bonchev–Trinajstić information content (AvgIpc) is 2.65. The smallest absolute Gasteiger partial charge is 0.0822 e. The molecular formula is C11H14N2O. The largest absolute Gasteiger partial charge is 0.388 e. The SMILES string of the molecule is NCC[C@H](O)c1cccc2cc[nH]c12. The summed E-state index contributed by atoms with van der Waals surface area (Å²) in [7, 11) is 0. The Labute approximate surface area is 82.6 Å². The van der Waals surface area contributed by atoms with Gasteiger partial charge in [0.25, 0.3) is 0 Å². The normalized spacial score (nSPS) is 13.3. The number of para-hydroxylation sites is 1. The molecule has 0 amide bonds. The first-order chi connectivity index (χ1) is 6.83. The fourth-order valence-electron chi connectivity index (χ4n) is 1.70. The minimum Gasteiger partial charge on any atom is -0.388 e. The van der Waals surface area contributed by atoms with Crippen LogP contribution in [0.3, 0.4) is 0 Å². The Morgan fingerprint density at radius 1 is 1.36 bits per heavy atom. The Balaban J connectivity index is 2.45. The van der Waals surface area contributed by atoms with E-state index in [1.165, 1.54) is 0 Å². The molecule has 2 aromatic rings. The van der Waals surface area contributed by atoms with E-state index in [2.05, 4.69) is 4.98 Å². The third-order valence-corrected chi connectivity index (χ3v) is 2.42. The summed E-state index contributed by atoms with van der Waals surface area (Å²) in [5, 5.41) is 11.0. The number of rotatable bonds is 3. The lowest BCUT2D eigenvalue weighted by atomic mass is 10.0. The van der Waals surface area contributed by atoms with Gasteiger partial charge in [0.15, 0.2) is 0 Å². The third kappa shape index (κ3) is 1.52. The summed E-state index contributed by atoms with van der Waals surface area (Å²) in [6.45, 7) is 0.498. The molecule has 0 spiro atoms. The van der Waals surface area contributed by atoms with Gasteiger partial charge in [-0.2, -0.15) is 0 Å². The van der Waals surface area contributed by atoms with Crippen LogP contribution in [-0.4, -0.2) is 16.6 Å². The number of hydrogen-bond acceptors (Lipinski definition) is 2. The average molecular weight is 190 g/mol. The molecule has 1 aromatic heterocycles. The molecule has 0 saturated heterocycles. The maximum Gasteiger partial charge on any atom is 0.0822 e. The van der Waals surface area contributed by atoms with E-state index in [-0.39, 0.29) is 0 Å². The molecule has 0 radical (unpaired) electrons. The van der Waals surface area contributed by atoms with Crippen LogP contribution in [0.25, 0.3) is 10.9 Å². The Morgan fingerprint density at radius 2 is 2.21 bits per heavy atom. The van der Waals surface area contributed by atoms with Crippen molar-refractivity contribution in [2.24, 2.45) is 5.73 Å². The van der Waals surface area contributed by atoms with Crippen LogP contribution in [0.4, 0.5) is 0 Å². The van der Waals surface area contributed by atoms with E-state index in [0.717, 1.165) is 16.5 Å². The molecule has 0 aliphatic carbocycles. The lowest BCUT2D eigenvalue weighted by molar-refractivity contribution is 0.171. The molecule has 0 saturated carbocycles. The molecule has 2 rings (SSSR count). The van der Waals surface area contributed by atoms with Gasteiger partial charge in [-0.1, -0.05) is 18.2 Å². The van der Waals surface area contributed by atoms with Crippen molar-refractivity contribution in [2.75, 3.05) is 6.54 Å². The van der Waals surface area contributed by atoms with Gasteiger partial charge < -0.3 is 15.8 Å². The molecule has 4 N–H and O–H groups in total. The Bertz CT molecular complexity index is 422. The van der Waals surface area contributed by atoms with Gasteiger partial charge in [0.2, 0.25) is 0 Å². The summed E-state index contributed by atoms with van der Waals surface area (Å²) in [5.74, 6) is 0. The van der Waals surface area contributed by atoms with Gasteiger partial charge in [0, 0.05) is 11.8 Å². The minimum absolute atomic E-state index is 0.470. The maximum absolute atomic E-state index is 9.84. The van der Waals surface area contributed by atoms with Crippen LogP contribution >= 0.6 is 0 Å². The number of nitrogens with one attached hydrogen (secondary N) is 1. The van der Waals surface area contributed by atoms with E-state index in [1.807, 2.05) is 30.5 Å². The van der Waals surface area contributed by atoms with E-state index in [9.17, 15) is 5.11 Å². The third-order valence-electron chi connectivity index (χ3n) is 2.42. The van der Waals surface area contributed by atoms with Crippen molar-refractivity contribution in [3.8, 4) is 0 Å². The van der Waals surface area contributed by atoms with Gasteiger partial charge in [0.1, 0.15) is 0 Å². The molecule has 1 atom stereocenters. The summed E-state index contributed by atoms with van der Waals surface area (Å²) in [4.78, 5) is 3.13. The van der Waals surface area contributed by atoms with Gasteiger partial charge in [-0.05, 0) is 24.4 Å². The van der Waals surface area contributed by atoms with Crippen LogP contribution < -0.4 is 5.73 Å². The van der Waals surface area contributed by atoms with Crippen molar-refractivity contribution < 1.29 is 5.11 Å². The second-order valence-electron chi connectivity index (χ2n) is 3.38. The molecule has 3 nitrogen and oxygen atoms in total. The fourth-order valence-corrected chi connectivity index (χ4v) is 1.70. The van der Waals surface area contributed by atoms with E-state index >= 15 is 0 Å². The second kappa shape index (κ2) is 3.82. The highest BCUT2D eigenvalue weighted by Gasteiger charge is 2.10. The van der Waals surface area contributed by atoms with Crippen LogP contribution in [-0.2, 0) is 0 Å². The Kier molecular flexibility index (Phi) is 2.52. The van der Waals surface area contributed by atoms with E-state index in [1.54, 1.807) is 0 Å².